The van der Waals surface area contributed by atoms with Crippen molar-refractivity contribution in [2.24, 2.45) is 12.0 Å². The van der Waals surface area contributed by atoms with E-state index < -0.39 is 22.0 Å². The Hall–Kier alpha value is -1.52. The summed E-state index contributed by atoms with van der Waals surface area (Å²) >= 11 is 8.76. The highest BCUT2D eigenvalue weighted by Gasteiger charge is 2.39. The first kappa shape index (κ1) is 18.8. The van der Waals surface area contributed by atoms with Crippen molar-refractivity contribution >= 4 is 60.4 Å². The molecule has 0 aliphatic carbocycles. The monoisotopic (exact) mass is 441 g/mol. The SMILES string of the molecule is Cn1c(=NC(=O)C2CCCN2S(=O)(=O)c2cccs2)sc2cccc(Cl)c21. The molecule has 0 spiro atoms. The number of thiophene rings is 1. The molecule has 142 valence electrons. The molecule has 1 amide bonds. The highest BCUT2D eigenvalue weighted by atomic mass is 35.5. The van der Waals surface area contributed by atoms with Crippen LogP contribution in [-0.2, 0) is 21.9 Å². The number of para-hydroxylation sites is 1. The van der Waals surface area contributed by atoms with Crippen LogP contribution in [0.3, 0.4) is 0 Å². The van der Waals surface area contributed by atoms with Gasteiger partial charge in [0.2, 0.25) is 0 Å². The number of rotatable bonds is 3. The summed E-state index contributed by atoms with van der Waals surface area (Å²) in [7, 11) is -1.88. The van der Waals surface area contributed by atoms with Crippen molar-refractivity contribution in [2.45, 2.75) is 23.1 Å². The van der Waals surface area contributed by atoms with Gasteiger partial charge in [-0.3, -0.25) is 4.79 Å². The summed E-state index contributed by atoms with van der Waals surface area (Å²) < 4.78 is 29.9. The van der Waals surface area contributed by atoms with E-state index in [0.717, 1.165) is 21.6 Å². The zero-order valence-electron chi connectivity index (χ0n) is 14.3. The number of carbonyl (C=O) groups is 1. The minimum atomic E-state index is -3.68. The molecule has 27 heavy (non-hydrogen) atoms. The Labute approximate surface area is 169 Å². The molecule has 0 saturated carbocycles. The molecular weight excluding hydrogens is 426 g/mol. The van der Waals surface area contributed by atoms with Gasteiger partial charge in [0, 0.05) is 13.6 Å². The number of carbonyl (C=O) groups excluding carboxylic acids is 1. The molecule has 1 unspecified atom stereocenters. The standard InChI is InChI=1S/C17H16ClN3O3S3/c1-20-15-11(18)5-2-7-13(15)26-17(20)19-16(22)12-6-3-9-21(12)27(23,24)14-8-4-10-25-14/h2,4-5,7-8,10,12H,3,6,9H2,1H3. The Morgan fingerprint density at radius 1 is 1.30 bits per heavy atom. The molecule has 1 saturated heterocycles. The first-order valence-electron chi connectivity index (χ1n) is 8.27. The topological polar surface area (TPSA) is 71.7 Å². The van der Waals surface area contributed by atoms with Crippen LogP contribution < -0.4 is 4.80 Å². The van der Waals surface area contributed by atoms with E-state index >= 15 is 0 Å². The average molecular weight is 442 g/mol. The maximum absolute atomic E-state index is 12.8. The number of aryl methyl sites for hydroxylation is 1. The van der Waals surface area contributed by atoms with E-state index in [1.807, 2.05) is 12.1 Å². The van der Waals surface area contributed by atoms with Crippen LogP contribution in [0.25, 0.3) is 10.2 Å². The maximum Gasteiger partial charge on any atom is 0.266 e. The molecular formula is C17H16ClN3O3S3. The quantitative estimate of drug-likeness (QED) is 0.626. The number of benzene rings is 1. The zero-order chi connectivity index (χ0) is 19.2. The summed E-state index contributed by atoms with van der Waals surface area (Å²) in [6.07, 6.45) is 1.11. The molecule has 0 N–H and O–H groups in total. The summed E-state index contributed by atoms with van der Waals surface area (Å²) in [5, 5.41) is 2.30. The van der Waals surface area contributed by atoms with Crippen molar-refractivity contribution < 1.29 is 13.2 Å². The molecule has 0 bridgehead atoms. The van der Waals surface area contributed by atoms with Crippen molar-refractivity contribution in [2.75, 3.05) is 6.54 Å². The van der Waals surface area contributed by atoms with Gasteiger partial charge in [0.25, 0.3) is 15.9 Å². The van der Waals surface area contributed by atoms with Crippen LogP contribution in [0.1, 0.15) is 12.8 Å². The molecule has 1 aliphatic heterocycles. The number of hydrogen-bond acceptors (Lipinski definition) is 5. The second-order valence-electron chi connectivity index (χ2n) is 6.19. The van der Waals surface area contributed by atoms with Crippen LogP contribution in [0.2, 0.25) is 5.02 Å². The number of fused-ring (bicyclic) bond motifs is 1. The van der Waals surface area contributed by atoms with Crippen molar-refractivity contribution in [3.05, 3.63) is 45.5 Å². The Balaban J connectivity index is 1.72. The number of amides is 1. The van der Waals surface area contributed by atoms with Gasteiger partial charge >= 0.3 is 0 Å². The summed E-state index contributed by atoms with van der Waals surface area (Å²) in [5.41, 5.74) is 0.810. The van der Waals surface area contributed by atoms with Gasteiger partial charge in [0.1, 0.15) is 10.3 Å². The maximum atomic E-state index is 12.8. The summed E-state index contributed by atoms with van der Waals surface area (Å²) in [6, 6.07) is 8.03. The van der Waals surface area contributed by atoms with Gasteiger partial charge in [-0.05, 0) is 36.4 Å². The van der Waals surface area contributed by atoms with Gasteiger partial charge in [0.05, 0.1) is 15.2 Å². The van der Waals surface area contributed by atoms with E-state index in [1.54, 1.807) is 35.2 Å². The summed E-state index contributed by atoms with van der Waals surface area (Å²) in [5.74, 6) is -0.439. The first-order chi connectivity index (χ1) is 12.9. The molecule has 0 radical (unpaired) electrons. The van der Waals surface area contributed by atoms with Gasteiger partial charge in [-0.25, -0.2) is 8.42 Å². The van der Waals surface area contributed by atoms with E-state index in [0.29, 0.717) is 29.2 Å². The third-order valence-electron chi connectivity index (χ3n) is 4.53. The largest absolute Gasteiger partial charge is 0.318 e. The average Bonchev–Trinajstić information content (AvgIpc) is 3.36. The van der Waals surface area contributed by atoms with E-state index in [9.17, 15) is 13.2 Å². The lowest BCUT2D eigenvalue weighted by atomic mass is 10.2. The van der Waals surface area contributed by atoms with Crippen LogP contribution in [-0.4, -0.2) is 35.8 Å². The fraction of sp³-hybridized carbons (Fsp3) is 0.294. The normalized spacial score (nSPS) is 19.2. The first-order valence-corrected chi connectivity index (χ1v) is 11.8. The molecule has 1 fully saturated rings. The molecule has 1 aliphatic rings. The Bertz CT molecular complexity index is 1180. The van der Waals surface area contributed by atoms with Crippen LogP contribution in [0.15, 0.2) is 44.9 Å². The third-order valence-corrected chi connectivity index (χ3v) is 9.21. The molecule has 3 heterocycles. The summed E-state index contributed by atoms with van der Waals surface area (Å²) in [4.78, 5) is 17.6. The van der Waals surface area contributed by atoms with Crippen molar-refractivity contribution in [3.63, 3.8) is 0 Å². The van der Waals surface area contributed by atoms with E-state index in [2.05, 4.69) is 4.99 Å². The van der Waals surface area contributed by atoms with Crippen molar-refractivity contribution in [1.82, 2.24) is 8.87 Å². The van der Waals surface area contributed by atoms with Gasteiger partial charge in [-0.15, -0.1) is 11.3 Å². The molecule has 4 rings (SSSR count). The molecule has 3 aromatic rings. The predicted molar refractivity (Wildman–Crippen MR) is 108 cm³/mol. The highest BCUT2D eigenvalue weighted by molar-refractivity contribution is 7.91. The number of sulfonamides is 1. The summed E-state index contributed by atoms with van der Waals surface area (Å²) in [6.45, 7) is 0.330. The van der Waals surface area contributed by atoms with Gasteiger partial charge in [-0.2, -0.15) is 9.30 Å². The molecule has 6 nitrogen and oxygen atoms in total. The smallest absolute Gasteiger partial charge is 0.266 e. The van der Waals surface area contributed by atoms with Crippen molar-refractivity contribution in [3.8, 4) is 0 Å². The molecule has 1 atom stereocenters. The van der Waals surface area contributed by atoms with Crippen LogP contribution in [0, 0.1) is 0 Å². The highest BCUT2D eigenvalue weighted by Crippen LogP contribution is 2.29. The predicted octanol–water partition coefficient (Wildman–Crippen LogP) is 3.24. The second kappa shape index (κ2) is 7.14. The number of hydrogen-bond donors (Lipinski definition) is 0. The van der Waals surface area contributed by atoms with Crippen LogP contribution in [0.4, 0.5) is 0 Å². The number of aromatic nitrogens is 1. The Morgan fingerprint density at radius 3 is 2.81 bits per heavy atom. The fourth-order valence-corrected chi connectivity index (χ4v) is 7.41. The van der Waals surface area contributed by atoms with E-state index in [-0.39, 0.29) is 4.21 Å². The minimum absolute atomic E-state index is 0.251. The van der Waals surface area contributed by atoms with E-state index in [4.69, 9.17) is 11.6 Å². The number of nitrogens with zero attached hydrogens (tertiary/aromatic N) is 3. The Kier molecular flexibility index (Phi) is 4.98. The molecule has 1 aromatic carbocycles. The second-order valence-corrected chi connectivity index (χ2v) is 10.7. The van der Waals surface area contributed by atoms with Gasteiger partial charge in [-0.1, -0.05) is 35.1 Å². The van der Waals surface area contributed by atoms with Crippen LogP contribution >= 0.6 is 34.3 Å². The Morgan fingerprint density at radius 2 is 2.11 bits per heavy atom. The fourth-order valence-electron chi connectivity index (χ4n) is 3.23. The van der Waals surface area contributed by atoms with E-state index in [1.165, 1.54) is 15.6 Å². The molecule has 2 aromatic heterocycles. The lowest BCUT2D eigenvalue weighted by molar-refractivity contribution is -0.121. The molecule has 10 heteroatoms. The third kappa shape index (κ3) is 3.27. The van der Waals surface area contributed by atoms with Gasteiger partial charge in [0.15, 0.2) is 4.80 Å². The zero-order valence-corrected chi connectivity index (χ0v) is 17.5. The lowest BCUT2D eigenvalue weighted by Crippen LogP contribution is -2.40. The minimum Gasteiger partial charge on any atom is -0.318 e. The number of thiazole rings is 1. The lowest BCUT2D eigenvalue weighted by Gasteiger charge is -2.20. The van der Waals surface area contributed by atoms with Crippen LogP contribution in [0.5, 0.6) is 0 Å². The number of halogens is 1. The van der Waals surface area contributed by atoms with Gasteiger partial charge < -0.3 is 4.57 Å². The van der Waals surface area contributed by atoms with Crippen molar-refractivity contribution in [1.29, 1.82) is 0 Å².